The number of primary amides is 1. The number of rotatable bonds is 6. The minimum Gasteiger partial charge on any atom is -0.362 e. The number of hydrogen-bond acceptors (Lipinski definition) is 7. The highest BCUT2D eigenvalue weighted by molar-refractivity contribution is 6.31. The van der Waals surface area contributed by atoms with E-state index in [1.807, 2.05) is 19.0 Å². The van der Waals surface area contributed by atoms with Crippen LogP contribution < -0.4 is 20.9 Å². The molecular weight excluding hydrogens is 458 g/mol. The highest BCUT2D eigenvalue weighted by atomic mass is 35.5. The molecule has 3 N–H and O–H groups in total. The Morgan fingerprint density at radius 1 is 1.18 bits per heavy atom. The number of benzene rings is 1. The van der Waals surface area contributed by atoms with Gasteiger partial charge in [0.15, 0.2) is 0 Å². The third-order valence-electron chi connectivity index (χ3n) is 6.61. The van der Waals surface area contributed by atoms with Gasteiger partial charge in [0.05, 0.1) is 10.6 Å². The Morgan fingerprint density at radius 2 is 1.88 bits per heavy atom. The highest BCUT2D eigenvalue weighted by Gasteiger charge is 2.33. The van der Waals surface area contributed by atoms with Crippen molar-refractivity contribution in [2.75, 3.05) is 29.2 Å². The molecule has 0 saturated heterocycles. The lowest BCUT2D eigenvalue weighted by molar-refractivity contribution is -0.384. The van der Waals surface area contributed by atoms with Crippen molar-refractivity contribution >= 4 is 40.8 Å². The molecule has 1 aromatic heterocycles. The smallest absolute Gasteiger partial charge is 0.319 e. The Kier molecular flexibility index (Phi) is 7.06. The van der Waals surface area contributed by atoms with Crippen molar-refractivity contribution in [1.82, 2.24) is 9.97 Å². The Bertz CT molecular complexity index is 1090. The maximum absolute atomic E-state index is 12.3. The van der Waals surface area contributed by atoms with Gasteiger partial charge in [0, 0.05) is 42.8 Å². The Hall–Kier alpha value is -3.14. The standard InChI is InChI=1S/C23H30ClN7O3/c1-29(2)21-17-5-3-4-6-18(17)27-23(28-21)26-15-8-10-16(11-9-15)30(22(25)32)19-12-7-14(24)13-20(19)31(33)34/h7,12-13,15-16H,3-6,8-11H2,1-2H3,(H2,25,32)(H,26,27,28). The number of fused-ring (bicyclic) bond motifs is 1. The number of nitrogens with two attached hydrogens (primary N) is 1. The van der Waals surface area contributed by atoms with Gasteiger partial charge < -0.3 is 16.0 Å². The predicted molar refractivity (Wildman–Crippen MR) is 133 cm³/mol. The number of aryl methyl sites for hydroxylation is 1. The molecule has 0 aliphatic heterocycles. The number of nitrogens with one attached hydrogen (secondary N) is 1. The molecule has 2 aliphatic carbocycles. The molecule has 2 aromatic rings. The third kappa shape index (κ3) is 5.01. The summed E-state index contributed by atoms with van der Waals surface area (Å²) in [7, 11) is 4.00. The van der Waals surface area contributed by atoms with Gasteiger partial charge in [-0.2, -0.15) is 4.98 Å². The van der Waals surface area contributed by atoms with Gasteiger partial charge in [-0.3, -0.25) is 15.0 Å². The minimum atomic E-state index is -0.713. The van der Waals surface area contributed by atoms with E-state index < -0.39 is 11.0 Å². The van der Waals surface area contributed by atoms with E-state index in [4.69, 9.17) is 27.3 Å². The van der Waals surface area contributed by atoms with Crippen molar-refractivity contribution in [2.24, 2.45) is 5.73 Å². The lowest BCUT2D eigenvalue weighted by atomic mass is 9.90. The van der Waals surface area contributed by atoms with Crippen molar-refractivity contribution in [3.8, 4) is 0 Å². The van der Waals surface area contributed by atoms with Crippen LogP contribution in [0.5, 0.6) is 0 Å². The lowest BCUT2D eigenvalue weighted by Crippen LogP contribution is -2.47. The minimum absolute atomic E-state index is 0.142. The number of nitro benzene ring substituents is 1. The van der Waals surface area contributed by atoms with Crippen molar-refractivity contribution in [3.05, 3.63) is 44.6 Å². The van der Waals surface area contributed by atoms with Crippen LogP contribution in [0.2, 0.25) is 5.02 Å². The van der Waals surface area contributed by atoms with Gasteiger partial charge in [0.25, 0.3) is 5.69 Å². The molecular formula is C23H30ClN7O3. The monoisotopic (exact) mass is 487 g/mol. The summed E-state index contributed by atoms with van der Waals surface area (Å²) >= 11 is 5.94. The molecule has 10 nitrogen and oxygen atoms in total. The fourth-order valence-electron chi connectivity index (χ4n) is 5.01. The average Bonchev–Trinajstić information content (AvgIpc) is 2.80. The first-order chi connectivity index (χ1) is 16.2. The molecule has 0 bridgehead atoms. The van der Waals surface area contributed by atoms with E-state index in [0.29, 0.717) is 18.8 Å². The second-order valence-electron chi connectivity index (χ2n) is 9.15. The highest BCUT2D eigenvalue weighted by Crippen LogP contribution is 2.36. The predicted octanol–water partition coefficient (Wildman–Crippen LogP) is 4.29. The quantitative estimate of drug-likeness (QED) is 0.459. The van der Waals surface area contributed by atoms with Crippen molar-refractivity contribution < 1.29 is 9.72 Å². The first-order valence-electron chi connectivity index (χ1n) is 11.6. The Labute approximate surface area is 203 Å². The first kappa shape index (κ1) is 24.0. The molecule has 0 unspecified atom stereocenters. The number of nitro groups is 1. The van der Waals surface area contributed by atoms with Crippen LogP contribution in [0.25, 0.3) is 0 Å². The van der Waals surface area contributed by atoms with Crippen LogP contribution in [0.3, 0.4) is 0 Å². The van der Waals surface area contributed by atoms with E-state index in [9.17, 15) is 14.9 Å². The van der Waals surface area contributed by atoms with Gasteiger partial charge in [-0.05, 0) is 63.5 Å². The van der Waals surface area contributed by atoms with Crippen molar-refractivity contribution in [2.45, 2.75) is 63.5 Å². The molecule has 1 saturated carbocycles. The number of nitrogens with zero attached hydrogens (tertiary/aromatic N) is 5. The van der Waals surface area contributed by atoms with Crippen LogP contribution in [-0.2, 0) is 12.8 Å². The summed E-state index contributed by atoms with van der Waals surface area (Å²) in [4.78, 5) is 36.3. The number of amides is 2. The summed E-state index contributed by atoms with van der Waals surface area (Å²) in [5.41, 5.74) is 7.97. The molecule has 0 atom stereocenters. The third-order valence-corrected chi connectivity index (χ3v) is 6.85. The molecule has 4 rings (SSSR count). The largest absolute Gasteiger partial charge is 0.362 e. The lowest BCUT2D eigenvalue weighted by Gasteiger charge is -2.36. The van der Waals surface area contributed by atoms with Gasteiger partial charge in [-0.15, -0.1) is 0 Å². The molecule has 0 spiro atoms. The number of halogens is 1. The van der Waals surface area contributed by atoms with Gasteiger partial charge in [-0.1, -0.05) is 11.6 Å². The molecule has 1 fully saturated rings. The second kappa shape index (κ2) is 10.0. The van der Waals surface area contributed by atoms with Crippen LogP contribution >= 0.6 is 11.6 Å². The Balaban J connectivity index is 1.48. The number of aromatic nitrogens is 2. The molecule has 34 heavy (non-hydrogen) atoms. The molecule has 182 valence electrons. The molecule has 1 aromatic carbocycles. The zero-order valence-electron chi connectivity index (χ0n) is 19.5. The maximum Gasteiger partial charge on any atom is 0.319 e. The normalized spacial score (nSPS) is 19.7. The van der Waals surface area contributed by atoms with Gasteiger partial charge in [0.1, 0.15) is 11.5 Å². The fraction of sp³-hybridized carbons (Fsp3) is 0.522. The SMILES string of the molecule is CN(C)c1nc(NC2CCC(N(C(N)=O)c3ccc(Cl)cc3[N+](=O)[O-])CC2)nc2c1CCCC2. The van der Waals surface area contributed by atoms with Crippen LogP contribution in [0.15, 0.2) is 18.2 Å². The maximum atomic E-state index is 12.3. The van der Waals surface area contributed by atoms with Crippen LogP contribution in [0.4, 0.5) is 27.9 Å². The van der Waals surface area contributed by atoms with E-state index in [2.05, 4.69) is 5.32 Å². The summed E-state index contributed by atoms with van der Waals surface area (Å²) in [6.45, 7) is 0. The van der Waals surface area contributed by atoms with Crippen LogP contribution in [0.1, 0.15) is 49.8 Å². The number of carbonyl (C=O) groups is 1. The summed E-state index contributed by atoms with van der Waals surface area (Å²) in [5.74, 6) is 1.60. The molecule has 2 aliphatic rings. The van der Waals surface area contributed by atoms with Crippen molar-refractivity contribution in [1.29, 1.82) is 0 Å². The van der Waals surface area contributed by atoms with Gasteiger partial charge >= 0.3 is 6.03 Å². The van der Waals surface area contributed by atoms with E-state index in [0.717, 1.165) is 50.0 Å². The van der Waals surface area contributed by atoms with E-state index in [1.165, 1.54) is 28.7 Å². The van der Waals surface area contributed by atoms with Gasteiger partial charge in [-0.25, -0.2) is 9.78 Å². The average molecular weight is 488 g/mol. The summed E-state index contributed by atoms with van der Waals surface area (Å²) < 4.78 is 0. The molecule has 2 amide bonds. The number of hydrogen-bond donors (Lipinski definition) is 2. The molecule has 11 heteroatoms. The van der Waals surface area contributed by atoms with Gasteiger partial charge in [0.2, 0.25) is 5.95 Å². The number of carbonyl (C=O) groups excluding carboxylic acids is 1. The first-order valence-corrected chi connectivity index (χ1v) is 12.0. The van der Waals surface area contributed by atoms with Crippen LogP contribution in [-0.4, -0.2) is 47.1 Å². The topological polar surface area (TPSA) is 131 Å². The summed E-state index contributed by atoms with van der Waals surface area (Å²) in [6.07, 6.45) is 7.08. The zero-order chi connectivity index (χ0) is 24.4. The zero-order valence-corrected chi connectivity index (χ0v) is 20.2. The fourth-order valence-corrected chi connectivity index (χ4v) is 5.18. The number of anilines is 3. The Morgan fingerprint density at radius 3 is 2.53 bits per heavy atom. The summed E-state index contributed by atoms with van der Waals surface area (Å²) in [6, 6.07) is 3.45. The molecule has 0 radical (unpaired) electrons. The second-order valence-corrected chi connectivity index (χ2v) is 9.58. The van der Waals surface area contributed by atoms with Crippen molar-refractivity contribution in [3.63, 3.8) is 0 Å². The van der Waals surface area contributed by atoms with E-state index in [-0.39, 0.29) is 28.5 Å². The van der Waals surface area contributed by atoms with Crippen LogP contribution in [0, 0.1) is 10.1 Å². The van der Waals surface area contributed by atoms with E-state index in [1.54, 1.807) is 0 Å². The summed E-state index contributed by atoms with van der Waals surface area (Å²) in [5, 5.41) is 15.3. The van der Waals surface area contributed by atoms with E-state index >= 15 is 0 Å². The number of urea groups is 1. The molecule has 1 heterocycles.